The number of allylic oxidation sites excluding steroid dienone is 6. The molecule has 0 aliphatic carbocycles. The normalized spacial score (nSPS) is 13.0. The molecule has 0 spiro atoms. The van der Waals surface area contributed by atoms with Gasteiger partial charge in [-0.2, -0.15) is 0 Å². The fourth-order valence-electron chi connectivity index (χ4n) is 2.36. The number of nitrogens with one attached hydrogen (secondary N) is 1. The number of aromatic nitrogens is 3. The fraction of sp³-hybridized carbons (Fsp3) is 0.400. The summed E-state index contributed by atoms with van der Waals surface area (Å²) in [6.45, 7) is 12.1. The molecule has 2 aromatic heterocycles. The first-order chi connectivity index (χ1) is 11.1. The second-order valence-corrected chi connectivity index (χ2v) is 5.07. The Bertz CT molecular complexity index is 776. The minimum atomic E-state index is -0.123. The van der Waals surface area contributed by atoms with Crippen molar-refractivity contribution in [3.63, 3.8) is 0 Å². The second kappa shape index (κ2) is 10.4. The van der Waals surface area contributed by atoms with E-state index in [1.165, 1.54) is 6.33 Å². The van der Waals surface area contributed by atoms with Crippen molar-refractivity contribution in [1.82, 2.24) is 14.5 Å². The third kappa shape index (κ3) is 4.82. The van der Waals surface area contributed by atoms with Crippen molar-refractivity contribution < 1.29 is 0 Å². The molecule has 2 rings (SSSR count). The highest BCUT2D eigenvalue weighted by Gasteiger charge is 2.11. The van der Waals surface area contributed by atoms with E-state index in [2.05, 4.69) is 29.0 Å². The highest BCUT2D eigenvalue weighted by atomic mass is 16.1. The van der Waals surface area contributed by atoms with Gasteiger partial charge in [0.25, 0.3) is 5.56 Å². The van der Waals surface area contributed by atoms with Crippen LogP contribution < -0.4 is 5.56 Å². The summed E-state index contributed by atoms with van der Waals surface area (Å²) in [7, 11) is 0. The molecule has 1 unspecified atom stereocenters. The van der Waals surface area contributed by atoms with Crippen LogP contribution in [0.1, 0.15) is 47.6 Å². The van der Waals surface area contributed by atoms with Crippen LogP contribution in [0.25, 0.3) is 16.7 Å². The van der Waals surface area contributed by atoms with Crippen LogP contribution in [0, 0.1) is 12.8 Å². The van der Waals surface area contributed by atoms with Gasteiger partial charge < -0.3 is 9.55 Å². The Morgan fingerprint density at radius 1 is 1.29 bits per heavy atom. The van der Waals surface area contributed by atoms with Gasteiger partial charge in [-0.15, -0.1) is 0 Å². The molecule has 132 valence electrons. The van der Waals surface area contributed by atoms with E-state index in [1.807, 2.05) is 63.6 Å². The molecule has 0 saturated carbocycles. The van der Waals surface area contributed by atoms with Crippen LogP contribution in [0.4, 0.5) is 0 Å². The Balaban J connectivity index is 0.00000170. The molecular weight excluding hydrogens is 298 g/mol. The summed E-state index contributed by atoms with van der Waals surface area (Å²) in [6.07, 6.45) is 13.7. The first-order valence-electron chi connectivity index (χ1n) is 8.11. The SMILES string of the molecule is C.C/C=C\C(C)/C=C\C(=C/C)n1cc(C)c2nc[nH]c(=O)c21.CC. The first kappa shape index (κ1) is 21.6. The molecule has 0 aliphatic rings. The van der Waals surface area contributed by atoms with E-state index >= 15 is 0 Å². The predicted octanol–water partition coefficient (Wildman–Crippen LogP) is 5.32. The van der Waals surface area contributed by atoms with Gasteiger partial charge in [-0.3, -0.25) is 4.79 Å². The molecule has 1 N–H and O–H groups in total. The van der Waals surface area contributed by atoms with Gasteiger partial charge in [-0.05, 0) is 38.3 Å². The number of H-pyrrole nitrogens is 1. The highest BCUT2D eigenvalue weighted by Crippen LogP contribution is 2.20. The van der Waals surface area contributed by atoms with Crippen molar-refractivity contribution in [3.05, 3.63) is 58.8 Å². The van der Waals surface area contributed by atoms with Crippen molar-refractivity contribution in [2.24, 2.45) is 5.92 Å². The summed E-state index contributed by atoms with van der Waals surface area (Å²) in [4.78, 5) is 19.0. The standard InChI is InChI=1S/C17H21N3O.C2H6.CH4/c1-5-7-12(3)8-9-14(6-2)20-10-13(4)15-16(20)17(21)19-11-18-15;1-2;/h5-12H,1-4H3,(H,18,19,21);1-2H3;1H4/b7-5-,9-8-,14-6+;;. The maximum Gasteiger partial charge on any atom is 0.275 e. The zero-order valence-electron chi connectivity index (χ0n) is 14.9. The van der Waals surface area contributed by atoms with Gasteiger partial charge in [0.2, 0.25) is 0 Å². The third-order valence-corrected chi connectivity index (χ3v) is 3.41. The second-order valence-electron chi connectivity index (χ2n) is 5.07. The van der Waals surface area contributed by atoms with E-state index in [0.29, 0.717) is 11.4 Å². The Kier molecular flexibility index (Phi) is 9.40. The largest absolute Gasteiger partial charge is 0.311 e. The molecule has 4 heteroatoms. The predicted molar refractivity (Wildman–Crippen MR) is 106 cm³/mol. The number of rotatable bonds is 4. The van der Waals surface area contributed by atoms with Gasteiger partial charge in [-0.25, -0.2) is 4.98 Å². The number of aryl methyl sites for hydroxylation is 1. The molecule has 1 atom stereocenters. The molecule has 0 fully saturated rings. The number of fused-ring (bicyclic) bond motifs is 1. The van der Waals surface area contributed by atoms with Crippen LogP contribution in [0.2, 0.25) is 0 Å². The van der Waals surface area contributed by atoms with E-state index in [0.717, 1.165) is 16.8 Å². The van der Waals surface area contributed by atoms with Crippen molar-refractivity contribution in [2.45, 2.75) is 49.0 Å². The summed E-state index contributed by atoms with van der Waals surface area (Å²) in [5, 5.41) is 0. The van der Waals surface area contributed by atoms with Crippen molar-refractivity contribution in [3.8, 4) is 0 Å². The van der Waals surface area contributed by atoms with E-state index in [9.17, 15) is 4.79 Å². The smallest absolute Gasteiger partial charge is 0.275 e. The van der Waals surface area contributed by atoms with Crippen LogP contribution in [-0.4, -0.2) is 14.5 Å². The molecule has 0 aliphatic heterocycles. The highest BCUT2D eigenvalue weighted by molar-refractivity contribution is 5.83. The van der Waals surface area contributed by atoms with E-state index in [4.69, 9.17) is 0 Å². The quantitative estimate of drug-likeness (QED) is 0.609. The summed E-state index contributed by atoms with van der Waals surface area (Å²) >= 11 is 0. The van der Waals surface area contributed by atoms with Crippen LogP contribution >= 0.6 is 0 Å². The van der Waals surface area contributed by atoms with Crippen molar-refractivity contribution in [2.75, 3.05) is 0 Å². The number of hydrogen-bond acceptors (Lipinski definition) is 2. The third-order valence-electron chi connectivity index (χ3n) is 3.41. The minimum absolute atomic E-state index is 0. The lowest BCUT2D eigenvalue weighted by Gasteiger charge is -2.06. The molecular formula is C20H31N3O. The number of aromatic amines is 1. The summed E-state index contributed by atoms with van der Waals surface area (Å²) < 4.78 is 1.90. The lowest BCUT2D eigenvalue weighted by molar-refractivity contribution is 0.936. The molecule has 4 nitrogen and oxygen atoms in total. The Morgan fingerprint density at radius 3 is 2.54 bits per heavy atom. The van der Waals surface area contributed by atoms with Crippen LogP contribution in [0.3, 0.4) is 0 Å². The summed E-state index contributed by atoms with van der Waals surface area (Å²) in [6, 6.07) is 0. The molecule has 0 amide bonds. The Hall–Kier alpha value is -2.36. The van der Waals surface area contributed by atoms with Gasteiger partial charge >= 0.3 is 0 Å². The Labute approximate surface area is 145 Å². The average molecular weight is 329 g/mol. The van der Waals surface area contributed by atoms with Gasteiger partial charge in [0.1, 0.15) is 5.52 Å². The van der Waals surface area contributed by atoms with E-state index in [-0.39, 0.29) is 13.0 Å². The lowest BCUT2D eigenvalue weighted by Crippen LogP contribution is -2.10. The minimum Gasteiger partial charge on any atom is -0.311 e. The maximum absolute atomic E-state index is 12.1. The van der Waals surface area contributed by atoms with Crippen LogP contribution in [-0.2, 0) is 0 Å². The summed E-state index contributed by atoms with van der Waals surface area (Å²) in [5.74, 6) is 0.351. The maximum atomic E-state index is 12.1. The van der Waals surface area contributed by atoms with Gasteiger partial charge in [0.15, 0.2) is 0 Å². The monoisotopic (exact) mass is 329 g/mol. The molecule has 2 heterocycles. The number of nitrogens with zero attached hydrogens (tertiary/aromatic N) is 2. The van der Waals surface area contributed by atoms with Crippen LogP contribution in [0.15, 0.2) is 47.7 Å². The summed E-state index contributed by atoms with van der Waals surface area (Å²) in [5.41, 5.74) is 3.16. The lowest BCUT2D eigenvalue weighted by atomic mass is 10.1. The van der Waals surface area contributed by atoms with Crippen molar-refractivity contribution in [1.29, 1.82) is 0 Å². The molecule has 0 radical (unpaired) electrons. The average Bonchev–Trinajstić information content (AvgIpc) is 2.89. The molecule has 0 saturated heterocycles. The molecule has 0 bridgehead atoms. The molecule has 0 aromatic carbocycles. The number of hydrogen-bond donors (Lipinski definition) is 1. The first-order valence-corrected chi connectivity index (χ1v) is 8.11. The van der Waals surface area contributed by atoms with Gasteiger partial charge in [-0.1, -0.05) is 52.5 Å². The van der Waals surface area contributed by atoms with Gasteiger partial charge in [0, 0.05) is 11.9 Å². The zero-order valence-corrected chi connectivity index (χ0v) is 14.9. The van der Waals surface area contributed by atoms with E-state index < -0.39 is 0 Å². The topological polar surface area (TPSA) is 50.7 Å². The van der Waals surface area contributed by atoms with Crippen LogP contribution in [0.5, 0.6) is 0 Å². The molecule has 24 heavy (non-hydrogen) atoms. The zero-order chi connectivity index (χ0) is 17.4. The molecule has 2 aromatic rings. The Morgan fingerprint density at radius 2 is 1.96 bits per heavy atom. The van der Waals surface area contributed by atoms with E-state index in [1.54, 1.807) is 0 Å². The van der Waals surface area contributed by atoms with Gasteiger partial charge in [0.05, 0.1) is 11.8 Å². The fourth-order valence-corrected chi connectivity index (χ4v) is 2.36. The van der Waals surface area contributed by atoms with Crippen molar-refractivity contribution >= 4 is 16.7 Å².